The molecule has 1 aromatic rings. The summed E-state index contributed by atoms with van der Waals surface area (Å²) in [5, 5.41) is 3.30. The van der Waals surface area contributed by atoms with Gasteiger partial charge in [-0.1, -0.05) is 32.0 Å². The van der Waals surface area contributed by atoms with E-state index in [9.17, 15) is 13.2 Å². The summed E-state index contributed by atoms with van der Waals surface area (Å²) in [5.41, 5.74) is 0.803. The number of ether oxygens (including phenoxy) is 1. The predicted molar refractivity (Wildman–Crippen MR) is 108 cm³/mol. The number of hydrogen-bond donors (Lipinski definition) is 1. The monoisotopic (exact) mass is 403 g/mol. The van der Waals surface area contributed by atoms with E-state index in [2.05, 4.69) is 21.9 Å². The Hall–Kier alpha value is -2.28. The van der Waals surface area contributed by atoms with Gasteiger partial charge in [0.05, 0.1) is 7.11 Å². The highest BCUT2D eigenvalue weighted by atomic mass is 35.5. The van der Waals surface area contributed by atoms with E-state index in [1.54, 1.807) is 32.0 Å². The molecule has 1 aromatic carbocycles. The van der Waals surface area contributed by atoms with E-state index in [1.165, 1.54) is 13.3 Å². The minimum Gasteiger partial charge on any atom is -0.497 e. The number of aryl methyl sites for hydroxylation is 1. The minimum atomic E-state index is -4.55. The first-order valence-corrected chi connectivity index (χ1v) is 8.56. The van der Waals surface area contributed by atoms with Crippen LogP contribution < -0.4 is 5.32 Å². The average molecular weight is 404 g/mol. The smallest absolute Gasteiger partial charge is 0.429 e. The number of guanidine groups is 1. The van der Waals surface area contributed by atoms with Gasteiger partial charge in [-0.05, 0) is 44.5 Å². The zero-order valence-electron chi connectivity index (χ0n) is 16.3. The van der Waals surface area contributed by atoms with Crippen LogP contribution in [-0.2, 0) is 4.74 Å². The van der Waals surface area contributed by atoms with Crippen LogP contribution in [0.2, 0.25) is 5.02 Å². The number of halogens is 4. The van der Waals surface area contributed by atoms with E-state index in [1.807, 2.05) is 13.8 Å². The van der Waals surface area contributed by atoms with E-state index in [4.69, 9.17) is 16.3 Å². The Morgan fingerprint density at radius 1 is 1.26 bits per heavy atom. The van der Waals surface area contributed by atoms with Crippen LogP contribution in [0.25, 0.3) is 0 Å². The first kappa shape index (κ1) is 24.7. The molecule has 0 bridgehead atoms. The molecule has 0 saturated carbocycles. The fourth-order valence-electron chi connectivity index (χ4n) is 1.59. The third-order valence-corrected chi connectivity index (χ3v) is 3.42. The number of methoxy groups -OCH3 is 1. The van der Waals surface area contributed by atoms with Crippen LogP contribution in [0.5, 0.6) is 0 Å². The number of nitrogens with one attached hydrogen (secondary N) is 1. The first-order chi connectivity index (χ1) is 12.5. The van der Waals surface area contributed by atoms with Gasteiger partial charge >= 0.3 is 6.18 Å². The quantitative estimate of drug-likeness (QED) is 0.269. The molecule has 0 spiro atoms. The van der Waals surface area contributed by atoms with E-state index in [0.717, 1.165) is 12.5 Å². The summed E-state index contributed by atoms with van der Waals surface area (Å²) in [6, 6.07) is 4.93. The molecule has 0 fully saturated rings. The van der Waals surface area contributed by atoms with Gasteiger partial charge in [-0.3, -0.25) is 0 Å². The molecule has 1 N–H and O–H groups in total. The summed E-state index contributed by atoms with van der Waals surface area (Å²) in [7, 11) is 1.44. The van der Waals surface area contributed by atoms with Crippen molar-refractivity contribution in [3.63, 3.8) is 0 Å². The van der Waals surface area contributed by atoms with Crippen LogP contribution in [0, 0.1) is 6.92 Å². The predicted octanol–water partition coefficient (Wildman–Crippen LogP) is 6.53. The highest BCUT2D eigenvalue weighted by molar-refractivity contribution is 6.30. The maximum absolute atomic E-state index is 12.8. The van der Waals surface area contributed by atoms with Crippen molar-refractivity contribution in [2.45, 2.75) is 40.8 Å². The van der Waals surface area contributed by atoms with Crippen molar-refractivity contribution in [3.05, 3.63) is 52.9 Å². The van der Waals surface area contributed by atoms with Gasteiger partial charge in [0, 0.05) is 22.5 Å². The summed E-state index contributed by atoms with van der Waals surface area (Å²) in [5.74, 6) is 0.130. The molecule has 0 heterocycles. The van der Waals surface area contributed by atoms with Crippen LogP contribution in [0.4, 0.5) is 18.9 Å². The third-order valence-electron chi connectivity index (χ3n) is 3.19. The Labute approximate surface area is 163 Å². The van der Waals surface area contributed by atoms with Crippen LogP contribution >= 0.6 is 11.6 Å². The molecule has 8 heteroatoms. The zero-order chi connectivity index (χ0) is 21.2. The summed E-state index contributed by atoms with van der Waals surface area (Å²) >= 11 is 5.88. The van der Waals surface area contributed by atoms with Crippen LogP contribution in [-0.4, -0.2) is 25.0 Å². The Bertz CT molecular complexity index is 738. The molecule has 0 aliphatic heterocycles. The average Bonchev–Trinajstić information content (AvgIpc) is 2.61. The number of alkyl halides is 3. The summed E-state index contributed by atoms with van der Waals surface area (Å²) < 4.78 is 43.3. The fraction of sp³-hybridized carbons (Fsp3) is 0.368. The standard InChI is InChI=1S/C17H19ClF3N3O.C2H6/c1-10-8-14(18)6-7-15(10)24-16(23-13(4)17(19,20)21)22-9-11(2)12(3)25-5;1-2/h6-9H,3H2,1-2,4-5H3,(H,22,24);1-2H3/b11-9+,23-13+;. The lowest BCUT2D eigenvalue weighted by Crippen LogP contribution is -2.23. The normalized spacial score (nSPS) is 12.9. The van der Waals surface area contributed by atoms with E-state index in [0.29, 0.717) is 22.0 Å². The van der Waals surface area contributed by atoms with Gasteiger partial charge < -0.3 is 10.1 Å². The van der Waals surface area contributed by atoms with Crippen molar-refractivity contribution < 1.29 is 17.9 Å². The number of allylic oxidation sites excluding steroid dienone is 1. The second-order valence-electron chi connectivity index (χ2n) is 5.17. The molecule has 0 aromatic heterocycles. The maximum atomic E-state index is 12.8. The highest BCUT2D eigenvalue weighted by Gasteiger charge is 2.32. The fourth-order valence-corrected chi connectivity index (χ4v) is 1.82. The topological polar surface area (TPSA) is 46.0 Å². The molecule has 150 valence electrons. The highest BCUT2D eigenvalue weighted by Crippen LogP contribution is 2.21. The van der Waals surface area contributed by atoms with Gasteiger partial charge in [-0.25, -0.2) is 9.98 Å². The molecule has 4 nitrogen and oxygen atoms in total. The Morgan fingerprint density at radius 3 is 2.33 bits per heavy atom. The van der Waals surface area contributed by atoms with Gasteiger partial charge in [-0.15, -0.1) is 0 Å². The van der Waals surface area contributed by atoms with E-state index < -0.39 is 11.9 Å². The molecule has 1 rings (SSSR count). The molecule has 0 atom stereocenters. The minimum absolute atomic E-state index is 0.219. The molecular formula is C19H25ClF3N3O. The van der Waals surface area contributed by atoms with Crippen LogP contribution in [0.15, 0.2) is 52.3 Å². The summed E-state index contributed by atoms with van der Waals surface area (Å²) in [6.07, 6.45) is -3.22. The summed E-state index contributed by atoms with van der Waals surface area (Å²) in [4.78, 5) is 7.53. The van der Waals surface area contributed by atoms with Crippen molar-refractivity contribution >= 4 is 29.0 Å². The van der Waals surface area contributed by atoms with Crippen molar-refractivity contribution in [1.29, 1.82) is 0 Å². The number of benzene rings is 1. The van der Waals surface area contributed by atoms with Gasteiger partial charge in [0.15, 0.2) is 0 Å². The van der Waals surface area contributed by atoms with Crippen molar-refractivity contribution in [3.8, 4) is 0 Å². The van der Waals surface area contributed by atoms with Gasteiger partial charge in [-0.2, -0.15) is 13.2 Å². The SMILES string of the molecule is C=C(OC)/C(C)=C/N=C(\N=C(/C)C(F)(F)F)Nc1ccc(Cl)cc1C.CC. The van der Waals surface area contributed by atoms with Gasteiger partial charge in [0.25, 0.3) is 0 Å². The first-order valence-electron chi connectivity index (χ1n) is 8.18. The molecule has 0 unspecified atom stereocenters. The number of nitrogens with zero attached hydrogens (tertiary/aromatic N) is 2. The Balaban J connectivity index is 0.00000326. The molecule has 0 saturated heterocycles. The lowest BCUT2D eigenvalue weighted by molar-refractivity contribution is -0.0590. The van der Waals surface area contributed by atoms with Crippen molar-refractivity contribution in [2.24, 2.45) is 9.98 Å². The Morgan fingerprint density at radius 2 is 1.85 bits per heavy atom. The van der Waals surface area contributed by atoms with Crippen molar-refractivity contribution in [2.75, 3.05) is 12.4 Å². The number of anilines is 1. The molecule has 27 heavy (non-hydrogen) atoms. The maximum Gasteiger partial charge on any atom is 0.429 e. The number of rotatable bonds is 4. The molecule has 0 amide bonds. The van der Waals surface area contributed by atoms with Gasteiger partial charge in [0.2, 0.25) is 5.96 Å². The van der Waals surface area contributed by atoms with Crippen LogP contribution in [0.3, 0.4) is 0 Å². The largest absolute Gasteiger partial charge is 0.497 e. The van der Waals surface area contributed by atoms with E-state index in [-0.39, 0.29) is 5.96 Å². The second kappa shape index (κ2) is 11.4. The number of hydrogen-bond acceptors (Lipinski definition) is 2. The lowest BCUT2D eigenvalue weighted by atomic mass is 10.2. The Kier molecular flexibility index (Phi) is 10.5. The van der Waals surface area contributed by atoms with Gasteiger partial charge in [0.1, 0.15) is 11.5 Å². The number of aliphatic imine (C=N–C) groups is 2. The molecule has 0 aliphatic carbocycles. The second-order valence-corrected chi connectivity index (χ2v) is 5.61. The molecular weight excluding hydrogens is 379 g/mol. The molecule has 0 radical (unpaired) electrons. The zero-order valence-corrected chi connectivity index (χ0v) is 17.1. The molecule has 0 aliphatic rings. The van der Waals surface area contributed by atoms with Crippen molar-refractivity contribution in [1.82, 2.24) is 0 Å². The van der Waals surface area contributed by atoms with E-state index >= 15 is 0 Å². The third kappa shape index (κ3) is 8.77. The van der Waals surface area contributed by atoms with Crippen LogP contribution in [0.1, 0.15) is 33.3 Å². The summed E-state index contributed by atoms with van der Waals surface area (Å²) in [6.45, 7) is 12.0. The lowest BCUT2D eigenvalue weighted by Gasteiger charge is -2.11.